The lowest BCUT2D eigenvalue weighted by Crippen LogP contribution is -2.75. The van der Waals surface area contributed by atoms with E-state index in [9.17, 15) is 105 Å². The van der Waals surface area contributed by atoms with Gasteiger partial charge in [-0.05, 0) is 37.1 Å². The van der Waals surface area contributed by atoms with Crippen LogP contribution in [-0.4, -0.2) is 12.8 Å². The first-order valence-corrected chi connectivity index (χ1v) is 19.4. The SMILES string of the molecule is FC(F)(F)c1cc([B-](c2cc(C(F)(F)F)cc(C(F)(F)F)c2)(c2cc(C(F)(F)F)cc(C(F)(F)F)c2)c2cc(C(F)(F)F)cc(C(F)(F)F)c2)cc(C(F)(F)F)c1.N#CCCCCO[n+]1ccsc1. The molecule has 0 saturated heterocycles. The van der Waals surface area contributed by atoms with E-state index in [4.69, 9.17) is 10.1 Å². The Balaban J connectivity index is 0.000000750. The molecule has 0 unspecified atom stereocenters. The summed E-state index contributed by atoms with van der Waals surface area (Å²) in [5.41, 5.74) is -28.3. The van der Waals surface area contributed by atoms with Gasteiger partial charge in [-0.3, -0.25) is 4.84 Å². The van der Waals surface area contributed by atoms with Gasteiger partial charge in [0, 0.05) is 11.2 Å². The molecular formula is C40H23BF24N2OS. The van der Waals surface area contributed by atoms with Gasteiger partial charge in [-0.25, -0.2) is 0 Å². The van der Waals surface area contributed by atoms with Crippen molar-refractivity contribution in [1.82, 2.24) is 0 Å². The standard InChI is InChI=1S/C32H12BF24.C8H11N2OS/c34-25(35,36)13-1-14(26(37,38)39)6-21(5-13)33(22-7-15(27(40,41)42)2-16(8-22)28(43,44)45,23-9-17(29(46,47)48)3-18(10-23)30(49,50)51)24-11-19(31(52,53)54)4-20(12-24)32(55,56)57;9-4-2-1-3-6-11-10-5-7-12-8-10/h1-12H;5,7-8H,1-3,6H2/q-1;+1. The molecule has 0 aliphatic rings. The van der Waals surface area contributed by atoms with Crippen LogP contribution >= 0.6 is 11.3 Å². The van der Waals surface area contributed by atoms with Crippen LogP contribution in [0.2, 0.25) is 0 Å². The molecule has 0 fully saturated rings. The molecule has 0 aliphatic heterocycles. The van der Waals surface area contributed by atoms with Crippen LogP contribution in [0.15, 0.2) is 89.9 Å². The highest BCUT2D eigenvalue weighted by atomic mass is 32.1. The number of alkyl halides is 24. The van der Waals surface area contributed by atoms with Crippen molar-refractivity contribution in [2.75, 3.05) is 6.61 Å². The van der Waals surface area contributed by atoms with Gasteiger partial charge in [-0.1, -0.05) is 59.9 Å². The molecule has 0 N–H and O–H groups in total. The molecule has 376 valence electrons. The maximum Gasteiger partial charge on any atom is 0.416 e. The minimum Gasteiger partial charge on any atom is -0.271 e. The molecule has 0 saturated carbocycles. The lowest BCUT2D eigenvalue weighted by molar-refractivity contribution is -0.888. The maximum atomic E-state index is 14.2. The Morgan fingerprint density at radius 3 is 0.841 bits per heavy atom. The number of benzene rings is 4. The zero-order chi connectivity index (χ0) is 52.6. The summed E-state index contributed by atoms with van der Waals surface area (Å²) in [6.45, 7) is 0.684. The van der Waals surface area contributed by atoms with Crippen LogP contribution < -0.4 is 31.4 Å². The first-order chi connectivity index (χ1) is 31.2. The van der Waals surface area contributed by atoms with E-state index in [0.717, 1.165) is 12.8 Å². The fourth-order valence-electron chi connectivity index (χ4n) is 6.85. The van der Waals surface area contributed by atoms with E-state index in [1.165, 1.54) is 0 Å². The molecule has 0 aliphatic carbocycles. The highest BCUT2D eigenvalue weighted by Crippen LogP contribution is 2.41. The first-order valence-electron chi connectivity index (χ1n) is 18.5. The van der Waals surface area contributed by atoms with Gasteiger partial charge < -0.3 is 0 Å². The number of aromatic nitrogens is 1. The fraction of sp³-hybridized carbons (Fsp3) is 0.300. The van der Waals surface area contributed by atoms with E-state index in [-0.39, 0.29) is 0 Å². The van der Waals surface area contributed by atoms with Gasteiger partial charge >= 0.3 is 49.4 Å². The van der Waals surface area contributed by atoms with Crippen molar-refractivity contribution in [3.05, 3.63) is 134 Å². The van der Waals surface area contributed by atoms with Crippen LogP contribution in [0, 0.1) is 11.3 Å². The zero-order valence-corrected chi connectivity index (χ0v) is 34.2. The molecule has 0 spiro atoms. The summed E-state index contributed by atoms with van der Waals surface area (Å²) >= 11 is 1.59. The van der Waals surface area contributed by atoms with Crippen LogP contribution in [0.1, 0.15) is 63.8 Å². The maximum absolute atomic E-state index is 14.2. The second-order valence-electron chi connectivity index (χ2n) is 14.6. The smallest absolute Gasteiger partial charge is 0.271 e. The van der Waals surface area contributed by atoms with Crippen molar-refractivity contribution in [3.63, 3.8) is 0 Å². The second kappa shape index (κ2) is 19.5. The summed E-state index contributed by atoms with van der Waals surface area (Å²) in [6, 6.07) is -6.71. The number of hydrogen-bond acceptors (Lipinski definition) is 3. The van der Waals surface area contributed by atoms with Gasteiger partial charge in [0.15, 0.2) is 6.61 Å². The molecule has 4 aromatic carbocycles. The van der Waals surface area contributed by atoms with Gasteiger partial charge in [-0.15, -0.1) is 0 Å². The highest BCUT2D eigenvalue weighted by Gasteiger charge is 2.47. The van der Waals surface area contributed by atoms with Gasteiger partial charge in [0.1, 0.15) is 6.15 Å². The van der Waals surface area contributed by atoms with Crippen LogP contribution in [0.3, 0.4) is 0 Å². The molecule has 3 nitrogen and oxygen atoms in total. The van der Waals surface area contributed by atoms with Crippen molar-refractivity contribution in [2.24, 2.45) is 0 Å². The summed E-state index contributed by atoms with van der Waals surface area (Å²) in [6.07, 6.45) is -50.5. The predicted molar refractivity (Wildman–Crippen MR) is 195 cm³/mol. The summed E-state index contributed by atoms with van der Waals surface area (Å²) in [7, 11) is 0. The van der Waals surface area contributed by atoms with Crippen molar-refractivity contribution in [1.29, 1.82) is 5.26 Å². The van der Waals surface area contributed by atoms with E-state index in [1.54, 1.807) is 16.1 Å². The van der Waals surface area contributed by atoms with E-state index >= 15 is 0 Å². The van der Waals surface area contributed by atoms with E-state index in [2.05, 4.69) is 6.07 Å². The molecule has 1 aromatic heterocycles. The Hall–Kier alpha value is -5.82. The van der Waals surface area contributed by atoms with Gasteiger partial charge in [0.2, 0.25) is 6.20 Å². The van der Waals surface area contributed by atoms with Crippen molar-refractivity contribution in [3.8, 4) is 6.07 Å². The molecule has 0 bridgehead atoms. The monoisotopic (exact) mass is 1050 g/mol. The Kier molecular flexibility index (Phi) is 15.8. The third-order valence-electron chi connectivity index (χ3n) is 9.81. The van der Waals surface area contributed by atoms with Crippen LogP contribution in [-0.2, 0) is 49.4 Å². The van der Waals surface area contributed by atoms with E-state index in [0.29, 0.717) is 13.0 Å². The molecular weight excluding hydrogens is 1020 g/mol. The quantitative estimate of drug-likeness (QED) is 0.0638. The van der Waals surface area contributed by atoms with Gasteiger partial charge in [0.05, 0.1) is 56.0 Å². The lowest BCUT2D eigenvalue weighted by atomic mass is 9.12. The number of rotatable bonds is 9. The van der Waals surface area contributed by atoms with Crippen LogP contribution in [0.5, 0.6) is 0 Å². The largest absolute Gasteiger partial charge is 0.416 e. The van der Waals surface area contributed by atoms with Crippen molar-refractivity contribution < 1.29 is 115 Å². The lowest BCUT2D eigenvalue weighted by Gasteiger charge is -2.46. The van der Waals surface area contributed by atoms with Crippen molar-refractivity contribution >= 4 is 39.3 Å². The average molecular weight is 1050 g/mol. The van der Waals surface area contributed by atoms with Crippen LogP contribution in [0.25, 0.3) is 0 Å². The molecule has 29 heteroatoms. The number of halogens is 24. The zero-order valence-electron chi connectivity index (χ0n) is 33.3. The fourth-order valence-corrected chi connectivity index (χ4v) is 7.36. The summed E-state index contributed by atoms with van der Waals surface area (Å²) in [5.74, 6) is 0. The normalized spacial score (nSPS) is 13.4. The topological polar surface area (TPSA) is 36.9 Å². The number of unbranched alkanes of at least 4 members (excludes halogenated alkanes) is 2. The predicted octanol–water partition coefficient (Wildman–Crippen LogP) is 12.4. The molecule has 0 atom stereocenters. The third-order valence-corrected chi connectivity index (χ3v) is 10.4. The van der Waals surface area contributed by atoms with E-state index in [1.807, 2.05) is 17.1 Å². The second-order valence-corrected chi connectivity index (χ2v) is 15.3. The number of nitriles is 1. The number of nitrogens with zero attached hydrogens (tertiary/aromatic N) is 2. The van der Waals surface area contributed by atoms with Gasteiger partial charge in [0.25, 0.3) is 5.51 Å². The number of thiazole rings is 1. The molecule has 0 amide bonds. The third kappa shape index (κ3) is 13.7. The molecule has 69 heavy (non-hydrogen) atoms. The molecule has 5 aromatic rings. The minimum absolute atomic E-state index is 0.623. The summed E-state index contributed by atoms with van der Waals surface area (Å²) in [4.78, 5) is 5.31. The molecule has 0 radical (unpaired) electrons. The van der Waals surface area contributed by atoms with Crippen LogP contribution in [0.4, 0.5) is 105 Å². The Morgan fingerprint density at radius 2 is 0.652 bits per heavy atom. The van der Waals surface area contributed by atoms with Gasteiger partial charge in [-0.2, -0.15) is 132 Å². The molecule has 5 rings (SSSR count). The Morgan fingerprint density at radius 1 is 0.406 bits per heavy atom. The Bertz CT molecular complexity index is 2170. The Labute approximate surface area is 375 Å². The highest BCUT2D eigenvalue weighted by molar-refractivity contribution is 7.20. The minimum atomic E-state index is -6.13. The summed E-state index contributed by atoms with van der Waals surface area (Å²) in [5, 5.41) is 10.2. The van der Waals surface area contributed by atoms with Crippen molar-refractivity contribution in [2.45, 2.75) is 68.7 Å². The van der Waals surface area contributed by atoms with E-state index < -0.39 is 195 Å². The molecule has 1 heterocycles. The number of hydrogen-bond donors (Lipinski definition) is 0. The summed E-state index contributed by atoms with van der Waals surface area (Å²) < 4.78 is 343. The first kappa shape index (κ1) is 55.8. The average Bonchev–Trinajstić information content (AvgIpc) is 3.72.